The Kier molecular flexibility index (Phi) is 2.94. The minimum Gasteiger partial charge on any atom is -0.382 e. The monoisotopic (exact) mass is 248 g/mol. The van der Waals surface area contributed by atoms with Gasteiger partial charge in [-0.3, -0.25) is 4.79 Å². The molecule has 1 saturated carbocycles. The number of hydrogen-bond donors (Lipinski definition) is 1. The van der Waals surface area contributed by atoms with E-state index in [-0.39, 0.29) is 11.7 Å². The molecule has 0 radical (unpaired) electrons. The van der Waals surface area contributed by atoms with E-state index in [0.29, 0.717) is 11.6 Å². The Hall–Kier alpha value is -1.58. The summed E-state index contributed by atoms with van der Waals surface area (Å²) in [5.41, 5.74) is 1.25. The Morgan fingerprint density at radius 2 is 2.00 bits per heavy atom. The fourth-order valence-electron chi connectivity index (χ4n) is 2.36. The lowest BCUT2D eigenvalue weighted by Gasteiger charge is -2.18. The van der Waals surface area contributed by atoms with Crippen molar-refractivity contribution in [2.75, 3.05) is 18.4 Å². The van der Waals surface area contributed by atoms with Gasteiger partial charge in [0.25, 0.3) is 5.91 Å². The maximum Gasteiger partial charge on any atom is 0.256 e. The number of rotatable bonds is 3. The largest absolute Gasteiger partial charge is 0.382 e. The van der Waals surface area contributed by atoms with Gasteiger partial charge in [-0.2, -0.15) is 0 Å². The van der Waals surface area contributed by atoms with Crippen molar-refractivity contribution >= 4 is 11.6 Å². The van der Waals surface area contributed by atoms with E-state index < -0.39 is 0 Å². The highest BCUT2D eigenvalue weighted by Crippen LogP contribution is 2.28. The van der Waals surface area contributed by atoms with E-state index in [2.05, 4.69) is 5.32 Å². The van der Waals surface area contributed by atoms with Crippen molar-refractivity contribution in [3.05, 3.63) is 29.6 Å². The predicted molar refractivity (Wildman–Crippen MR) is 68.2 cm³/mol. The van der Waals surface area contributed by atoms with Crippen LogP contribution in [0, 0.1) is 5.82 Å². The van der Waals surface area contributed by atoms with Gasteiger partial charge in [-0.1, -0.05) is 0 Å². The van der Waals surface area contributed by atoms with Crippen molar-refractivity contribution in [3.63, 3.8) is 0 Å². The number of carbonyl (C=O) groups is 1. The standard InChI is InChI=1S/C14H17FN2O/c15-10-3-6-13(16-11-4-5-11)12(9-10)14(18)17-7-1-2-8-17/h3,6,9,11,16H,1-2,4-5,7-8H2. The van der Waals surface area contributed by atoms with E-state index in [9.17, 15) is 9.18 Å². The van der Waals surface area contributed by atoms with Crippen molar-refractivity contribution in [1.82, 2.24) is 4.90 Å². The maximum absolute atomic E-state index is 13.3. The fraction of sp³-hybridized carbons (Fsp3) is 0.500. The number of carbonyl (C=O) groups excluding carboxylic acids is 1. The maximum atomic E-state index is 13.3. The SMILES string of the molecule is O=C(c1cc(F)ccc1NC1CC1)N1CCCC1. The second-order valence-corrected chi connectivity index (χ2v) is 5.11. The first-order chi connectivity index (χ1) is 8.74. The minimum atomic E-state index is -0.348. The van der Waals surface area contributed by atoms with Crippen LogP contribution in [-0.2, 0) is 0 Å². The lowest BCUT2D eigenvalue weighted by atomic mass is 10.1. The van der Waals surface area contributed by atoms with E-state index in [1.807, 2.05) is 4.90 Å². The number of halogens is 1. The van der Waals surface area contributed by atoms with E-state index in [0.717, 1.165) is 44.5 Å². The van der Waals surface area contributed by atoms with Crippen molar-refractivity contribution in [3.8, 4) is 0 Å². The van der Waals surface area contributed by atoms with E-state index in [4.69, 9.17) is 0 Å². The second-order valence-electron chi connectivity index (χ2n) is 5.11. The molecular weight excluding hydrogens is 231 g/mol. The molecule has 4 heteroatoms. The quantitative estimate of drug-likeness (QED) is 0.891. The van der Waals surface area contributed by atoms with Crippen LogP contribution in [-0.4, -0.2) is 29.9 Å². The van der Waals surface area contributed by atoms with E-state index in [1.165, 1.54) is 12.1 Å². The zero-order chi connectivity index (χ0) is 12.5. The first-order valence-corrected chi connectivity index (χ1v) is 6.59. The Morgan fingerprint density at radius 1 is 1.28 bits per heavy atom. The average Bonchev–Trinajstić information content (AvgIpc) is 3.01. The summed E-state index contributed by atoms with van der Waals surface area (Å²) in [5, 5.41) is 3.30. The molecule has 1 saturated heterocycles. The molecule has 1 aliphatic carbocycles. The van der Waals surface area contributed by atoms with Gasteiger partial charge in [-0.15, -0.1) is 0 Å². The summed E-state index contributed by atoms with van der Waals surface area (Å²) in [7, 11) is 0. The molecule has 2 fully saturated rings. The lowest BCUT2D eigenvalue weighted by Crippen LogP contribution is -2.28. The lowest BCUT2D eigenvalue weighted by molar-refractivity contribution is 0.0793. The number of hydrogen-bond acceptors (Lipinski definition) is 2. The third-order valence-corrected chi connectivity index (χ3v) is 3.54. The van der Waals surface area contributed by atoms with Crippen LogP contribution in [0.5, 0.6) is 0 Å². The smallest absolute Gasteiger partial charge is 0.256 e. The Morgan fingerprint density at radius 3 is 2.67 bits per heavy atom. The van der Waals surface area contributed by atoms with Gasteiger partial charge in [-0.05, 0) is 43.9 Å². The zero-order valence-electron chi connectivity index (χ0n) is 10.3. The molecule has 3 rings (SSSR count). The summed E-state index contributed by atoms with van der Waals surface area (Å²) in [6, 6.07) is 4.90. The Balaban J connectivity index is 1.87. The van der Waals surface area contributed by atoms with Gasteiger partial charge < -0.3 is 10.2 Å². The number of anilines is 1. The van der Waals surface area contributed by atoms with E-state index >= 15 is 0 Å². The highest BCUT2D eigenvalue weighted by atomic mass is 19.1. The van der Waals surface area contributed by atoms with Crippen molar-refractivity contribution in [2.45, 2.75) is 31.7 Å². The summed E-state index contributed by atoms with van der Waals surface area (Å²) < 4.78 is 13.3. The molecule has 1 amide bonds. The first-order valence-electron chi connectivity index (χ1n) is 6.59. The van der Waals surface area contributed by atoms with Gasteiger partial charge in [0, 0.05) is 24.8 Å². The van der Waals surface area contributed by atoms with Gasteiger partial charge in [0.1, 0.15) is 5.82 Å². The molecular formula is C14H17FN2O. The van der Waals surface area contributed by atoms with Crippen LogP contribution in [0.4, 0.5) is 10.1 Å². The van der Waals surface area contributed by atoms with Crippen LogP contribution >= 0.6 is 0 Å². The van der Waals surface area contributed by atoms with Crippen LogP contribution in [0.1, 0.15) is 36.0 Å². The van der Waals surface area contributed by atoms with Crippen LogP contribution in [0.15, 0.2) is 18.2 Å². The molecule has 1 aromatic carbocycles. The Bertz CT molecular complexity index is 465. The summed E-state index contributed by atoms with van der Waals surface area (Å²) in [4.78, 5) is 14.2. The van der Waals surface area contributed by atoms with Crippen LogP contribution < -0.4 is 5.32 Å². The molecule has 0 aromatic heterocycles. The number of nitrogens with one attached hydrogen (secondary N) is 1. The molecule has 1 aliphatic heterocycles. The van der Waals surface area contributed by atoms with Crippen LogP contribution in [0.25, 0.3) is 0 Å². The summed E-state index contributed by atoms with van der Waals surface area (Å²) in [5.74, 6) is -0.394. The van der Waals surface area contributed by atoms with Crippen molar-refractivity contribution in [1.29, 1.82) is 0 Å². The molecule has 0 atom stereocenters. The molecule has 2 aliphatic rings. The van der Waals surface area contributed by atoms with Gasteiger partial charge in [0.05, 0.1) is 5.56 Å². The number of benzene rings is 1. The molecule has 18 heavy (non-hydrogen) atoms. The van der Waals surface area contributed by atoms with Gasteiger partial charge in [0.2, 0.25) is 0 Å². The van der Waals surface area contributed by atoms with Gasteiger partial charge in [-0.25, -0.2) is 4.39 Å². The van der Waals surface area contributed by atoms with Crippen LogP contribution in [0.3, 0.4) is 0 Å². The summed E-state index contributed by atoms with van der Waals surface area (Å²) in [6.07, 6.45) is 4.36. The third kappa shape index (κ3) is 2.33. The number of likely N-dealkylation sites (tertiary alicyclic amines) is 1. The first kappa shape index (κ1) is 11.5. The van der Waals surface area contributed by atoms with Gasteiger partial charge in [0.15, 0.2) is 0 Å². The minimum absolute atomic E-state index is 0.0462. The normalized spacial score (nSPS) is 19.1. The summed E-state index contributed by atoms with van der Waals surface area (Å²) >= 11 is 0. The Labute approximate surface area is 106 Å². The molecule has 0 unspecified atom stereocenters. The van der Waals surface area contributed by atoms with E-state index in [1.54, 1.807) is 6.07 Å². The predicted octanol–water partition coefficient (Wildman–Crippen LogP) is 2.64. The topological polar surface area (TPSA) is 32.3 Å². The van der Waals surface area contributed by atoms with Crippen molar-refractivity contribution in [2.24, 2.45) is 0 Å². The molecule has 96 valence electrons. The third-order valence-electron chi connectivity index (χ3n) is 3.54. The molecule has 0 bridgehead atoms. The van der Waals surface area contributed by atoms with Gasteiger partial charge >= 0.3 is 0 Å². The zero-order valence-corrected chi connectivity index (χ0v) is 10.3. The summed E-state index contributed by atoms with van der Waals surface area (Å²) in [6.45, 7) is 1.58. The highest BCUT2D eigenvalue weighted by molar-refractivity contribution is 5.99. The number of nitrogens with zero attached hydrogens (tertiary/aromatic N) is 1. The molecule has 1 aromatic rings. The van der Waals surface area contributed by atoms with Crippen LogP contribution in [0.2, 0.25) is 0 Å². The molecule has 3 nitrogen and oxygen atoms in total. The van der Waals surface area contributed by atoms with Crippen molar-refractivity contribution < 1.29 is 9.18 Å². The molecule has 1 heterocycles. The average molecular weight is 248 g/mol. The fourth-order valence-corrected chi connectivity index (χ4v) is 2.36. The molecule has 1 N–H and O–H groups in total. The number of amides is 1. The second kappa shape index (κ2) is 4.59. The highest BCUT2D eigenvalue weighted by Gasteiger charge is 2.26. The molecule has 0 spiro atoms.